The molecule has 16 heavy (non-hydrogen) atoms. The summed E-state index contributed by atoms with van der Waals surface area (Å²) in [6.45, 7) is 2.57. The average Bonchev–Trinajstić information content (AvgIpc) is 2.28. The third-order valence-electron chi connectivity index (χ3n) is 2.05. The number of amides is 1. The molecule has 1 unspecified atom stereocenters. The zero-order chi connectivity index (χ0) is 12.1. The van der Waals surface area contributed by atoms with Crippen LogP contribution in [0.5, 0.6) is 0 Å². The highest BCUT2D eigenvalue weighted by molar-refractivity contribution is 9.10. The number of rotatable bonds is 4. The second-order valence-corrected chi connectivity index (χ2v) is 5.10. The van der Waals surface area contributed by atoms with Crippen LogP contribution in [0, 0.1) is 11.7 Å². The van der Waals surface area contributed by atoms with Gasteiger partial charge in [-0.3, -0.25) is 4.79 Å². The lowest BCUT2D eigenvalue weighted by molar-refractivity contribution is 0.0948. The highest BCUT2D eigenvalue weighted by Crippen LogP contribution is 2.17. The average molecular weight is 353 g/mol. The highest BCUT2D eigenvalue weighted by Gasteiger charge is 2.11. The van der Waals surface area contributed by atoms with E-state index in [1.54, 1.807) is 0 Å². The molecule has 2 nitrogen and oxygen atoms in total. The van der Waals surface area contributed by atoms with Gasteiger partial charge in [0.15, 0.2) is 0 Å². The van der Waals surface area contributed by atoms with Gasteiger partial charge in [0.25, 0.3) is 5.91 Å². The third kappa shape index (κ3) is 3.87. The van der Waals surface area contributed by atoms with Crippen LogP contribution < -0.4 is 5.32 Å². The fourth-order valence-corrected chi connectivity index (χ4v) is 1.74. The van der Waals surface area contributed by atoms with Crippen molar-refractivity contribution in [2.45, 2.75) is 6.92 Å². The summed E-state index contributed by atoms with van der Waals surface area (Å²) in [5, 5.41) is 3.57. The molecule has 0 saturated heterocycles. The lowest BCUT2D eigenvalue weighted by Crippen LogP contribution is -2.29. The van der Waals surface area contributed by atoms with Crippen molar-refractivity contribution in [3.63, 3.8) is 0 Å². The molecule has 0 aliphatic carbocycles. The molecule has 1 aromatic carbocycles. The van der Waals surface area contributed by atoms with E-state index < -0.39 is 5.82 Å². The molecule has 0 saturated carbocycles. The minimum atomic E-state index is -0.415. The summed E-state index contributed by atoms with van der Waals surface area (Å²) in [5.74, 6) is -0.336. The van der Waals surface area contributed by atoms with Gasteiger partial charge in [0.2, 0.25) is 0 Å². The molecular weight excluding hydrogens is 341 g/mol. The number of alkyl halides is 1. The summed E-state index contributed by atoms with van der Waals surface area (Å²) in [7, 11) is 0. The zero-order valence-corrected chi connectivity index (χ0v) is 11.9. The fraction of sp³-hybridized carbons (Fsp3) is 0.364. The number of hydrogen-bond acceptors (Lipinski definition) is 1. The van der Waals surface area contributed by atoms with E-state index in [2.05, 4.69) is 37.2 Å². The van der Waals surface area contributed by atoms with Crippen LogP contribution in [0.15, 0.2) is 22.7 Å². The number of carbonyl (C=O) groups excluding carboxylic acids is 1. The molecule has 88 valence electrons. The first-order valence-corrected chi connectivity index (χ1v) is 6.75. The molecule has 0 fully saturated rings. The number of benzene rings is 1. The Balaban J connectivity index is 2.69. The third-order valence-corrected chi connectivity index (χ3v) is 3.84. The van der Waals surface area contributed by atoms with Gasteiger partial charge < -0.3 is 5.32 Å². The Morgan fingerprint density at radius 3 is 2.88 bits per heavy atom. The van der Waals surface area contributed by atoms with Gasteiger partial charge >= 0.3 is 0 Å². The SMILES string of the molecule is CC(CBr)CNC(=O)c1cc(F)ccc1Br. The van der Waals surface area contributed by atoms with E-state index in [1.807, 2.05) is 6.92 Å². The van der Waals surface area contributed by atoms with Gasteiger partial charge in [0.1, 0.15) is 5.82 Å². The first kappa shape index (κ1) is 13.6. The molecule has 0 spiro atoms. The summed E-state index contributed by atoms with van der Waals surface area (Å²) in [6.07, 6.45) is 0. The van der Waals surface area contributed by atoms with Gasteiger partial charge in [-0.25, -0.2) is 4.39 Å². The Bertz CT molecular complexity index is 384. The van der Waals surface area contributed by atoms with E-state index in [-0.39, 0.29) is 5.91 Å². The number of nitrogens with one attached hydrogen (secondary N) is 1. The molecule has 1 aromatic rings. The van der Waals surface area contributed by atoms with Crippen LogP contribution in [0.3, 0.4) is 0 Å². The summed E-state index contributed by atoms with van der Waals surface area (Å²) in [4.78, 5) is 11.7. The van der Waals surface area contributed by atoms with Gasteiger partial charge in [0.05, 0.1) is 5.56 Å². The monoisotopic (exact) mass is 351 g/mol. The maximum absolute atomic E-state index is 13.0. The molecule has 1 amide bonds. The van der Waals surface area contributed by atoms with Crippen molar-refractivity contribution < 1.29 is 9.18 Å². The maximum Gasteiger partial charge on any atom is 0.252 e. The molecule has 5 heteroatoms. The Labute approximate surface area is 111 Å². The van der Waals surface area contributed by atoms with Crippen molar-refractivity contribution in [3.8, 4) is 0 Å². The Hall–Kier alpha value is -0.420. The van der Waals surface area contributed by atoms with Crippen molar-refractivity contribution in [1.29, 1.82) is 0 Å². The highest BCUT2D eigenvalue weighted by atomic mass is 79.9. The predicted octanol–water partition coefficient (Wildman–Crippen LogP) is 3.35. The first-order valence-electron chi connectivity index (χ1n) is 4.83. The topological polar surface area (TPSA) is 29.1 Å². The summed E-state index contributed by atoms with van der Waals surface area (Å²) < 4.78 is 13.6. The van der Waals surface area contributed by atoms with Crippen LogP contribution in [-0.2, 0) is 0 Å². The molecule has 0 aromatic heterocycles. The number of carbonyl (C=O) groups is 1. The first-order chi connectivity index (χ1) is 7.54. The van der Waals surface area contributed by atoms with Gasteiger partial charge in [-0.05, 0) is 40.0 Å². The summed E-state index contributed by atoms with van der Waals surface area (Å²) in [6, 6.07) is 4.05. The molecule has 1 N–H and O–H groups in total. The van der Waals surface area contributed by atoms with E-state index >= 15 is 0 Å². The largest absolute Gasteiger partial charge is 0.352 e. The van der Waals surface area contributed by atoms with Crippen LogP contribution in [-0.4, -0.2) is 17.8 Å². The molecule has 0 aliphatic rings. The number of hydrogen-bond donors (Lipinski definition) is 1. The Kier molecular flexibility index (Phi) is 5.41. The molecule has 0 bridgehead atoms. The summed E-state index contributed by atoms with van der Waals surface area (Å²) >= 11 is 6.55. The normalized spacial score (nSPS) is 12.2. The minimum Gasteiger partial charge on any atom is -0.352 e. The fourth-order valence-electron chi connectivity index (χ4n) is 1.09. The second kappa shape index (κ2) is 6.35. The second-order valence-electron chi connectivity index (χ2n) is 3.59. The maximum atomic E-state index is 13.0. The summed E-state index contributed by atoms with van der Waals surface area (Å²) in [5.41, 5.74) is 0.321. The molecule has 1 atom stereocenters. The Morgan fingerprint density at radius 1 is 1.56 bits per heavy atom. The quantitative estimate of drug-likeness (QED) is 0.827. The molecule has 0 heterocycles. The van der Waals surface area contributed by atoms with E-state index in [4.69, 9.17) is 0 Å². The Morgan fingerprint density at radius 2 is 2.25 bits per heavy atom. The van der Waals surface area contributed by atoms with Gasteiger partial charge in [-0.2, -0.15) is 0 Å². The molecule has 1 rings (SSSR count). The van der Waals surface area contributed by atoms with Crippen molar-refractivity contribution in [2.75, 3.05) is 11.9 Å². The van der Waals surface area contributed by atoms with Crippen molar-refractivity contribution in [1.82, 2.24) is 5.32 Å². The van der Waals surface area contributed by atoms with Crippen molar-refractivity contribution in [2.24, 2.45) is 5.92 Å². The molecule has 0 aliphatic heterocycles. The zero-order valence-electron chi connectivity index (χ0n) is 8.77. The minimum absolute atomic E-state index is 0.265. The van der Waals surface area contributed by atoms with E-state index in [0.29, 0.717) is 22.5 Å². The van der Waals surface area contributed by atoms with E-state index in [0.717, 1.165) is 5.33 Å². The van der Waals surface area contributed by atoms with Gasteiger partial charge in [-0.1, -0.05) is 22.9 Å². The van der Waals surface area contributed by atoms with E-state index in [1.165, 1.54) is 18.2 Å². The molecular formula is C11H12Br2FNO. The van der Waals surface area contributed by atoms with Crippen LogP contribution in [0.1, 0.15) is 17.3 Å². The van der Waals surface area contributed by atoms with Crippen molar-refractivity contribution in [3.05, 3.63) is 34.1 Å². The molecule has 0 radical (unpaired) electrons. The lowest BCUT2D eigenvalue weighted by Gasteiger charge is -2.10. The van der Waals surface area contributed by atoms with Gasteiger partial charge in [0, 0.05) is 16.3 Å². The van der Waals surface area contributed by atoms with Gasteiger partial charge in [-0.15, -0.1) is 0 Å². The van der Waals surface area contributed by atoms with Crippen LogP contribution in [0.4, 0.5) is 4.39 Å². The van der Waals surface area contributed by atoms with Crippen molar-refractivity contribution >= 4 is 37.8 Å². The number of halogens is 3. The van der Waals surface area contributed by atoms with Crippen LogP contribution >= 0.6 is 31.9 Å². The van der Waals surface area contributed by atoms with Crippen LogP contribution in [0.25, 0.3) is 0 Å². The smallest absolute Gasteiger partial charge is 0.252 e. The van der Waals surface area contributed by atoms with E-state index in [9.17, 15) is 9.18 Å². The van der Waals surface area contributed by atoms with Crippen LogP contribution in [0.2, 0.25) is 0 Å². The predicted molar refractivity (Wildman–Crippen MR) is 69.4 cm³/mol. The lowest BCUT2D eigenvalue weighted by atomic mass is 10.2. The standard InChI is InChI=1S/C11H12Br2FNO/c1-7(5-12)6-15-11(16)9-4-8(14)2-3-10(9)13/h2-4,7H,5-6H2,1H3,(H,15,16).